The fourth-order valence-corrected chi connectivity index (χ4v) is 3.83. The summed E-state index contributed by atoms with van der Waals surface area (Å²) in [6.45, 7) is 10.7. The van der Waals surface area contributed by atoms with Crippen molar-refractivity contribution in [3.63, 3.8) is 0 Å². The number of thiazole rings is 1. The lowest BCUT2D eigenvalue weighted by Gasteiger charge is -2.14. The summed E-state index contributed by atoms with van der Waals surface area (Å²) >= 11 is 3.33. The van der Waals surface area contributed by atoms with Gasteiger partial charge in [0.1, 0.15) is 5.01 Å². The maximum atomic E-state index is 5.84. The van der Waals surface area contributed by atoms with Gasteiger partial charge in [-0.1, -0.05) is 32.5 Å². The lowest BCUT2D eigenvalue weighted by Crippen LogP contribution is -2.11. The van der Waals surface area contributed by atoms with Crippen molar-refractivity contribution in [2.24, 2.45) is 0 Å². The molecule has 7 heteroatoms. The molecule has 5 nitrogen and oxygen atoms in total. The molecule has 0 saturated heterocycles. The molecule has 2 rings (SSSR count). The maximum absolute atomic E-state index is 5.84. The second kappa shape index (κ2) is 5.73. The van der Waals surface area contributed by atoms with Crippen molar-refractivity contribution in [2.75, 3.05) is 5.73 Å². The molecule has 0 saturated carbocycles. The van der Waals surface area contributed by atoms with Crippen LogP contribution in [0.3, 0.4) is 0 Å². The highest BCUT2D eigenvalue weighted by Gasteiger charge is 2.18. The Kier molecular flexibility index (Phi) is 4.39. The zero-order valence-corrected chi connectivity index (χ0v) is 14.2. The topological polar surface area (TPSA) is 69.6 Å². The predicted molar refractivity (Wildman–Crippen MR) is 85.2 cm³/mol. The van der Waals surface area contributed by atoms with E-state index in [2.05, 4.69) is 55.2 Å². The van der Waals surface area contributed by atoms with Crippen LogP contribution in [0, 0.1) is 0 Å². The second-order valence-electron chi connectivity index (χ2n) is 5.97. The van der Waals surface area contributed by atoms with E-state index in [1.807, 2.05) is 4.57 Å². The van der Waals surface area contributed by atoms with E-state index >= 15 is 0 Å². The number of nitrogens with zero attached hydrogens (tertiary/aromatic N) is 4. The van der Waals surface area contributed by atoms with Crippen LogP contribution >= 0.6 is 23.1 Å². The van der Waals surface area contributed by atoms with Crippen LogP contribution < -0.4 is 5.73 Å². The van der Waals surface area contributed by atoms with Gasteiger partial charge in [-0.05, 0) is 13.8 Å². The summed E-state index contributed by atoms with van der Waals surface area (Å²) in [6.07, 6.45) is 0. The van der Waals surface area contributed by atoms with Crippen LogP contribution in [0.4, 0.5) is 5.95 Å². The largest absolute Gasteiger partial charge is 0.368 e. The first-order chi connectivity index (χ1) is 9.29. The van der Waals surface area contributed by atoms with E-state index in [9.17, 15) is 0 Å². The van der Waals surface area contributed by atoms with Crippen molar-refractivity contribution in [1.82, 2.24) is 19.7 Å². The summed E-state index contributed by atoms with van der Waals surface area (Å²) in [4.78, 5) is 4.69. The van der Waals surface area contributed by atoms with Crippen molar-refractivity contribution in [2.45, 2.75) is 57.0 Å². The van der Waals surface area contributed by atoms with Gasteiger partial charge >= 0.3 is 0 Å². The highest BCUT2D eigenvalue weighted by atomic mass is 32.2. The van der Waals surface area contributed by atoms with Gasteiger partial charge in [-0.2, -0.15) is 0 Å². The van der Waals surface area contributed by atoms with Crippen LogP contribution in [0.15, 0.2) is 10.5 Å². The number of nitrogen functional groups attached to an aromatic ring is 1. The van der Waals surface area contributed by atoms with Crippen LogP contribution in [0.1, 0.15) is 51.4 Å². The molecule has 2 aromatic heterocycles. The number of aromatic nitrogens is 4. The van der Waals surface area contributed by atoms with Gasteiger partial charge in [0.05, 0.1) is 11.4 Å². The summed E-state index contributed by atoms with van der Waals surface area (Å²) in [5, 5.41) is 12.2. The Morgan fingerprint density at radius 1 is 1.35 bits per heavy atom. The van der Waals surface area contributed by atoms with Gasteiger partial charge in [0.15, 0.2) is 5.16 Å². The third-order valence-corrected chi connectivity index (χ3v) is 4.84. The number of hydrogen-bond donors (Lipinski definition) is 1. The third kappa shape index (κ3) is 3.32. The van der Waals surface area contributed by atoms with Crippen LogP contribution in [0.5, 0.6) is 0 Å². The van der Waals surface area contributed by atoms with Crippen LogP contribution in [-0.4, -0.2) is 19.7 Å². The van der Waals surface area contributed by atoms with Gasteiger partial charge in [0.2, 0.25) is 5.95 Å². The van der Waals surface area contributed by atoms with Gasteiger partial charge in [0, 0.05) is 16.8 Å². The minimum Gasteiger partial charge on any atom is -0.368 e. The number of hydrogen-bond acceptors (Lipinski definition) is 6. The summed E-state index contributed by atoms with van der Waals surface area (Å²) in [5.41, 5.74) is 7.08. The second-order valence-corrected chi connectivity index (χ2v) is 7.85. The molecule has 0 aromatic carbocycles. The molecule has 110 valence electrons. The van der Waals surface area contributed by atoms with Crippen molar-refractivity contribution < 1.29 is 0 Å². The standard InChI is InChI=1S/C13H21N5S2/c1-8(2)18-11(14)16-17-12(18)20-7-10-15-9(6-19-10)13(3,4)5/h6,8H,7H2,1-5H3,(H2,14,16). The molecule has 0 atom stereocenters. The van der Waals surface area contributed by atoms with Crippen molar-refractivity contribution in [3.05, 3.63) is 16.1 Å². The predicted octanol–water partition coefficient (Wildman–Crippen LogP) is 3.49. The minimum absolute atomic E-state index is 0.0990. The quantitative estimate of drug-likeness (QED) is 0.875. The van der Waals surface area contributed by atoms with Crippen LogP contribution in [0.2, 0.25) is 0 Å². The minimum atomic E-state index is 0.0990. The smallest absolute Gasteiger partial charge is 0.222 e. The van der Waals surface area contributed by atoms with E-state index < -0.39 is 0 Å². The Labute approximate surface area is 128 Å². The monoisotopic (exact) mass is 311 g/mol. The number of nitrogens with two attached hydrogens (primary N) is 1. The molecule has 0 radical (unpaired) electrons. The molecule has 0 aliphatic heterocycles. The van der Waals surface area contributed by atoms with Gasteiger partial charge in [-0.3, -0.25) is 4.57 Å². The zero-order valence-electron chi connectivity index (χ0n) is 12.5. The van der Waals surface area contributed by atoms with Gasteiger partial charge in [-0.25, -0.2) is 4.98 Å². The Balaban J connectivity index is 2.08. The van der Waals surface area contributed by atoms with E-state index in [0.29, 0.717) is 5.95 Å². The maximum Gasteiger partial charge on any atom is 0.222 e. The SMILES string of the molecule is CC(C)n1c(N)nnc1SCc1nc(C(C)(C)C)cs1. The van der Waals surface area contributed by atoms with Crippen molar-refractivity contribution in [3.8, 4) is 0 Å². The molecular formula is C13H21N5S2. The number of rotatable bonds is 4. The summed E-state index contributed by atoms with van der Waals surface area (Å²) in [5.74, 6) is 1.27. The summed E-state index contributed by atoms with van der Waals surface area (Å²) in [7, 11) is 0. The highest BCUT2D eigenvalue weighted by molar-refractivity contribution is 7.98. The molecule has 2 aromatic rings. The molecule has 0 amide bonds. The van der Waals surface area contributed by atoms with E-state index in [1.165, 1.54) is 0 Å². The molecule has 0 bridgehead atoms. The van der Waals surface area contributed by atoms with Crippen molar-refractivity contribution in [1.29, 1.82) is 0 Å². The van der Waals surface area contributed by atoms with Gasteiger partial charge in [0.25, 0.3) is 0 Å². The average molecular weight is 311 g/mol. The fraction of sp³-hybridized carbons (Fsp3) is 0.615. The molecule has 0 aliphatic rings. The Morgan fingerprint density at radius 3 is 2.60 bits per heavy atom. The Bertz CT molecular complexity index is 580. The molecule has 0 fully saturated rings. The molecular weight excluding hydrogens is 290 g/mol. The summed E-state index contributed by atoms with van der Waals surface area (Å²) in [6, 6.07) is 0.258. The summed E-state index contributed by atoms with van der Waals surface area (Å²) < 4.78 is 1.95. The molecule has 0 unspecified atom stereocenters. The number of anilines is 1. The Hall–Kier alpha value is -1.08. The van der Waals surface area contributed by atoms with Gasteiger partial charge in [-0.15, -0.1) is 21.5 Å². The molecule has 2 heterocycles. The van der Waals surface area contributed by atoms with Crippen molar-refractivity contribution >= 4 is 29.0 Å². The van der Waals surface area contributed by atoms with E-state index in [1.54, 1.807) is 23.1 Å². The third-order valence-electron chi connectivity index (χ3n) is 2.85. The van der Waals surface area contributed by atoms with Crippen LogP contribution in [0.25, 0.3) is 0 Å². The average Bonchev–Trinajstić information content (AvgIpc) is 2.91. The number of thioether (sulfide) groups is 1. The Morgan fingerprint density at radius 2 is 2.05 bits per heavy atom. The van der Waals surface area contributed by atoms with E-state index in [0.717, 1.165) is 21.6 Å². The van der Waals surface area contributed by atoms with Gasteiger partial charge < -0.3 is 5.73 Å². The molecule has 0 spiro atoms. The normalized spacial score (nSPS) is 12.3. The zero-order chi connectivity index (χ0) is 14.9. The molecule has 0 aliphatic carbocycles. The van der Waals surface area contributed by atoms with E-state index in [4.69, 9.17) is 5.73 Å². The molecule has 2 N–H and O–H groups in total. The highest BCUT2D eigenvalue weighted by Crippen LogP contribution is 2.29. The first-order valence-corrected chi connectivity index (χ1v) is 8.43. The lowest BCUT2D eigenvalue weighted by atomic mass is 9.93. The lowest BCUT2D eigenvalue weighted by molar-refractivity contribution is 0.557. The first-order valence-electron chi connectivity index (χ1n) is 6.57. The van der Waals surface area contributed by atoms with Crippen LogP contribution in [-0.2, 0) is 11.2 Å². The fourth-order valence-electron chi connectivity index (χ4n) is 1.72. The van der Waals surface area contributed by atoms with E-state index in [-0.39, 0.29) is 11.5 Å². The molecule has 20 heavy (non-hydrogen) atoms. The first kappa shape index (κ1) is 15.3.